The molecule has 0 bridgehead atoms. The van der Waals surface area contributed by atoms with Crippen molar-refractivity contribution in [3.05, 3.63) is 24.5 Å². The highest BCUT2D eigenvalue weighted by Gasteiger charge is 2.23. The summed E-state index contributed by atoms with van der Waals surface area (Å²) >= 11 is 0. The first-order chi connectivity index (χ1) is 5.36. The molecule has 1 aliphatic rings. The van der Waals surface area contributed by atoms with E-state index in [1.807, 2.05) is 0 Å². The predicted molar refractivity (Wildman–Crippen MR) is 46.5 cm³/mol. The lowest BCUT2D eigenvalue weighted by atomic mass is 10.1. The van der Waals surface area contributed by atoms with E-state index in [0.29, 0.717) is 6.04 Å². The molecule has 1 heteroatoms. The van der Waals surface area contributed by atoms with Crippen LogP contribution in [0, 0.1) is 5.92 Å². The van der Waals surface area contributed by atoms with Crippen LogP contribution in [0.5, 0.6) is 0 Å². The van der Waals surface area contributed by atoms with Gasteiger partial charge in [-0.2, -0.15) is 0 Å². The Bertz CT molecular complexity index is 209. The maximum Gasteiger partial charge on any atom is 0.0305 e. The Balaban J connectivity index is 1.93. The largest absolute Gasteiger partial charge is 0.352 e. The van der Waals surface area contributed by atoms with E-state index in [-0.39, 0.29) is 0 Å². The normalized spacial score (nSPS) is 20.1. The van der Waals surface area contributed by atoms with Gasteiger partial charge in [0.1, 0.15) is 0 Å². The van der Waals surface area contributed by atoms with E-state index in [2.05, 4.69) is 36.0 Å². The molecule has 1 nitrogen and oxygen atoms in total. The van der Waals surface area contributed by atoms with E-state index in [0.717, 1.165) is 5.92 Å². The third-order valence-electron chi connectivity index (χ3n) is 2.51. The van der Waals surface area contributed by atoms with Crippen molar-refractivity contribution in [1.82, 2.24) is 4.57 Å². The highest BCUT2D eigenvalue weighted by molar-refractivity contribution is 4.93. The van der Waals surface area contributed by atoms with Gasteiger partial charge < -0.3 is 4.57 Å². The average molecular weight is 149 g/mol. The van der Waals surface area contributed by atoms with Crippen LogP contribution in [-0.4, -0.2) is 4.57 Å². The average Bonchev–Trinajstić information content (AvgIpc) is 2.67. The fourth-order valence-corrected chi connectivity index (χ4v) is 1.60. The van der Waals surface area contributed by atoms with Crippen LogP contribution < -0.4 is 0 Å². The van der Waals surface area contributed by atoms with E-state index < -0.39 is 0 Å². The third-order valence-corrected chi connectivity index (χ3v) is 2.51. The molecule has 0 N–H and O–H groups in total. The van der Waals surface area contributed by atoms with Crippen LogP contribution in [0.4, 0.5) is 0 Å². The minimum atomic E-state index is 0.706. The molecule has 1 aromatic rings. The number of hydrogen-bond acceptors (Lipinski definition) is 0. The second-order valence-corrected chi connectivity index (χ2v) is 3.66. The fraction of sp³-hybridized carbons (Fsp3) is 0.600. The molecule has 1 saturated carbocycles. The lowest BCUT2D eigenvalue weighted by molar-refractivity contribution is 0.478. The van der Waals surface area contributed by atoms with E-state index in [1.54, 1.807) is 0 Å². The molecule has 0 radical (unpaired) electrons. The van der Waals surface area contributed by atoms with Gasteiger partial charge in [0.2, 0.25) is 0 Å². The molecule has 1 heterocycles. The van der Waals surface area contributed by atoms with Gasteiger partial charge in [0.15, 0.2) is 0 Å². The highest BCUT2D eigenvalue weighted by Crippen LogP contribution is 2.36. The maximum absolute atomic E-state index is 2.30. The molecule has 2 rings (SSSR count). The summed E-state index contributed by atoms with van der Waals surface area (Å²) in [6, 6.07) is 4.91. The molecule has 1 unspecified atom stereocenters. The van der Waals surface area contributed by atoms with Crippen LogP contribution >= 0.6 is 0 Å². The smallest absolute Gasteiger partial charge is 0.0305 e. The predicted octanol–water partition coefficient (Wildman–Crippen LogP) is 2.85. The van der Waals surface area contributed by atoms with Crippen LogP contribution in [-0.2, 0) is 0 Å². The van der Waals surface area contributed by atoms with Gasteiger partial charge in [0.25, 0.3) is 0 Å². The second-order valence-electron chi connectivity index (χ2n) is 3.66. The first-order valence-electron chi connectivity index (χ1n) is 4.48. The molecule has 0 aliphatic heterocycles. The van der Waals surface area contributed by atoms with Gasteiger partial charge in [-0.15, -0.1) is 0 Å². The Morgan fingerprint density at radius 2 is 2.00 bits per heavy atom. The lowest BCUT2D eigenvalue weighted by Gasteiger charge is -2.12. The third kappa shape index (κ3) is 1.65. The molecule has 1 aliphatic carbocycles. The first-order valence-corrected chi connectivity index (χ1v) is 4.48. The van der Waals surface area contributed by atoms with Crippen LogP contribution in [0.25, 0.3) is 0 Å². The monoisotopic (exact) mass is 149 g/mol. The second kappa shape index (κ2) is 2.72. The molecular weight excluding hydrogens is 134 g/mol. The van der Waals surface area contributed by atoms with Crippen LogP contribution in [0.2, 0.25) is 0 Å². The van der Waals surface area contributed by atoms with Crippen molar-refractivity contribution >= 4 is 0 Å². The maximum atomic E-state index is 2.30. The Morgan fingerprint density at radius 3 is 2.55 bits per heavy atom. The van der Waals surface area contributed by atoms with E-state index in [9.17, 15) is 0 Å². The summed E-state index contributed by atoms with van der Waals surface area (Å²) in [6.45, 7) is 2.30. The Labute approximate surface area is 68.0 Å². The van der Waals surface area contributed by atoms with Crippen molar-refractivity contribution < 1.29 is 0 Å². The van der Waals surface area contributed by atoms with Gasteiger partial charge >= 0.3 is 0 Å². The van der Waals surface area contributed by atoms with E-state index in [4.69, 9.17) is 0 Å². The quantitative estimate of drug-likeness (QED) is 0.622. The molecule has 11 heavy (non-hydrogen) atoms. The van der Waals surface area contributed by atoms with Crippen molar-refractivity contribution in [3.63, 3.8) is 0 Å². The minimum Gasteiger partial charge on any atom is -0.352 e. The number of hydrogen-bond donors (Lipinski definition) is 0. The van der Waals surface area contributed by atoms with Crippen LogP contribution in [0.15, 0.2) is 24.5 Å². The van der Waals surface area contributed by atoms with Gasteiger partial charge in [0.05, 0.1) is 0 Å². The fourth-order valence-electron chi connectivity index (χ4n) is 1.60. The topological polar surface area (TPSA) is 4.93 Å². The van der Waals surface area contributed by atoms with Gasteiger partial charge in [0, 0.05) is 18.4 Å². The summed E-state index contributed by atoms with van der Waals surface area (Å²) in [5.41, 5.74) is 0. The summed E-state index contributed by atoms with van der Waals surface area (Å²) < 4.78 is 2.30. The van der Waals surface area contributed by atoms with E-state index in [1.165, 1.54) is 19.3 Å². The number of rotatable bonds is 3. The molecular formula is C10H15N. The standard InChI is InChI=1S/C10H15N/c1-9(8-10-4-5-10)11-6-2-3-7-11/h2-3,6-7,9-10H,4-5,8H2,1H3. The highest BCUT2D eigenvalue weighted by atomic mass is 15.0. The van der Waals surface area contributed by atoms with Gasteiger partial charge in [-0.1, -0.05) is 12.8 Å². The molecule has 1 fully saturated rings. The summed E-state index contributed by atoms with van der Waals surface area (Å²) in [5.74, 6) is 1.03. The van der Waals surface area contributed by atoms with Crippen molar-refractivity contribution in [3.8, 4) is 0 Å². The zero-order valence-electron chi connectivity index (χ0n) is 7.03. The molecule has 0 amide bonds. The van der Waals surface area contributed by atoms with Gasteiger partial charge in [-0.05, 0) is 31.4 Å². The summed E-state index contributed by atoms with van der Waals surface area (Å²) in [5, 5.41) is 0. The number of aromatic nitrogens is 1. The van der Waals surface area contributed by atoms with Crippen LogP contribution in [0.1, 0.15) is 32.2 Å². The van der Waals surface area contributed by atoms with Crippen LogP contribution in [0.3, 0.4) is 0 Å². The molecule has 0 spiro atoms. The minimum absolute atomic E-state index is 0.706. The Hall–Kier alpha value is -0.720. The van der Waals surface area contributed by atoms with Crippen molar-refractivity contribution in [2.75, 3.05) is 0 Å². The van der Waals surface area contributed by atoms with Gasteiger partial charge in [-0.25, -0.2) is 0 Å². The van der Waals surface area contributed by atoms with Crippen molar-refractivity contribution in [1.29, 1.82) is 0 Å². The molecule has 1 aromatic heterocycles. The first kappa shape index (κ1) is 6.96. The molecule has 0 saturated heterocycles. The summed E-state index contributed by atoms with van der Waals surface area (Å²) in [7, 11) is 0. The summed E-state index contributed by atoms with van der Waals surface area (Å²) in [6.07, 6.45) is 8.62. The Morgan fingerprint density at radius 1 is 1.36 bits per heavy atom. The van der Waals surface area contributed by atoms with Gasteiger partial charge in [-0.3, -0.25) is 0 Å². The molecule has 60 valence electrons. The summed E-state index contributed by atoms with van der Waals surface area (Å²) in [4.78, 5) is 0. The van der Waals surface area contributed by atoms with Crippen molar-refractivity contribution in [2.45, 2.75) is 32.2 Å². The lowest BCUT2D eigenvalue weighted by Crippen LogP contribution is -2.02. The Kier molecular flexibility index (Phi) is 1.72. The zero-order chi connectivity index (χ0) is 7.68. The van der Waals surface area contributed by atoms with Crippen molar-refractivity contribution in [2.24, 2.45) is 5.92 Å². The molecule has 0 aromatic carbocycles. The number of nitrogens with zero attached hydrogens (tertiary/aromatic N) is 1. The molecule has 1 atom stereocenters. The SMILES string of the molecule is CC(CC1CC1)n1cccc1. The zero-order valence-corrected chi connectivity index (χ0v) is 7.03. The van der Waals surface area contributed by atoms with E-state index >= 15 is 0 Å².